The van der Waals surface area contributed by atoms with E-state index in [0.29, 0.717) is 34.5 Å². The summed E-state index contributed by atoms with van der Waals surface area (Å²) >= 11 is 6.02. The fraction of sp³-hybridized carbons (Fsp3) is 0.188. The molecule has 1 aliphatic heterocycles. The molecule has 1 heterocycles. The Morgan fingerprint density at radius 2 is 2.04 bits per heavy atom. The van der Waals surface area contributed by atoms with Crippen molar-refractivity contribution in [3.63, 3.8) is 0 Å². The Morgan fingerprint density at radius 1 is 1.22 bits per heavy atom. The van der Waals surface area contributed by atoms with Crippen molar-refractivity contribution >= 4 is 23.3 Å². The number of ether oxygens (including phenoxy) is 3. The highest BCUT2D eigenvalue weighted by atomic mass is 35.5. The largest absolute Gasteiger partial charge is 0.495 e. The van der Waals surface area contributed by atoms with Crippen LogP contribution in [0, 0.1) is 0 Å². The quantitative estimate of drug-likeness (QED) is 0.899. The molecule has 0 spiro atoms. The second-order valence-corrected chi connectivity index (χ2v) is 5.25. The maximum absolute atomic E-state index is 11.9. The lowest BCUT2D eigenvalue weighted by Crippen LogP contribution is -2.28. The van der Waals surface area contributed by atoms with Crippen LogP contribution in [0.25, 0.3) is 0 Å². The van der Waals surface area contributed by atoms with Crippen molar-refractivity contribution in [2.75, 3.05) is 19.2 Å². The number of anilines is 1. The molecular weight excluding hydrogens is 320 g/mol. The number of halogens is 1. The van der Waals surface area contributed by atoms with Crippen molar-refractivity contribution in [2.45, 2.75) is 6.54 Å². The number of methoxy groups -OCH3 is 1. The average molecular weight is 335 g/mol. The van der Waals surface area contributed by atoms with Gasteiger partial charge < -0.3 is 24.8 Å². The molecule has 0 aromatic heterocycles. The summed E-state index contributed by atoms with van der Waals surface area (Å²) in [7, 11) is 1.53. The van der Waals surface area contributed by atoms with Crippen LogP contribution in [0.2, 0.25) is 5.02 Å². The number of carbonyl (C=O) groups excluding carboxylic acids is 1. The third-order valence-electron chi connectivity index (χ3n) is 3.30. The van der Waals surface area contributed by atoms with Gasteiger partial charge in [0.25, 0.3) is 0 Å². The third-order valence-corrected chi connectivity index (χ3v) is 3.60. The van der Waals surface area contributed by atoms with Gasteiger partial charge in [-0.05, 0) is 35.9 Å². The maximum Gasteiger partial charge on any atom is 0.319 e. The van der Waals surface area contributed by atoms with Crippen LogP contribution in [0.15, 0.2) is 36.4 Å². The van der Waals surface area contributed by atoms with Crippen molar-refractivity contribution in [3.8, 4) is 17.2 Å². The van der Waals surface area contributed by atoms with Crippen LogP contribution in [0.5, 0.6) is 17.2 Å². The lowest BCUT2D eigenvalue weighted by atomic mass is 10.2. The molecule has 2 N–H and O–H groups in total. The molecule has 2 amide bonds. The maximum atomic E-state index is 11.9. The summed E-state index contributed by atoms with van der Waals surface area (Å²) in [6, 6.07) is 10.2. The van der Waals surface area contributed by atoms with Crippen LogP contribution >= 0.6 is 11.6 Å². The molecule has 0 radical (unpaired) electrons. The molecule has 0 saturated heterocycles. The second-order valence-electron chi connectivity index (χ2n) is 4.84. The van der Waals surface area contributed by atoms with Crippen LogP contribution in [0.3, 0.4) is 0 Å². The molecule has 2 aromatic carbocycles. The van der Waals surface area contributed by atoms with Gasteiger partial charge >= 0.3 is 6.03 Å². The minimum absolute atomic E-state index is 0.227. The highest BCUT2D eigenvalue weighted by molar-refractivity contribution is 6.32. The van der Waals surface area contributed by atoms with Crippen LogP contribution in [0.4, 0.5) is 10.5 Å². The van der Waals surface area contributed by atoms with E-state index in [4.69, 9.17) is 25.8 Å². The Labute approximate surface area is 138 Å². The Balaban J connectivity index is 1.56. The van der Waals surface area contributed by atoms with E-state index >= 15 is 0 Å². The first-order chi connectivity index (χ1) is 11.2. The highest BCUT2D eigenvalue weighted by Gasteiger charge is 2.13. The van der Waals surface area contributed by atoms with Gasteiger partial charge in [-0.2, -0.15) is 0 Å². The van der Waals surface area contributed by atoms with Crippen molar-refractivity contribution in [1.82, 2.24) is 5.32 Å². The normalized spacial score (nSPS) is 11.9. The van der Waals surface area contributed by atoms with E-state index in [0.717, 1.165) is 5.56 Å². The smallest absolute Gasteiger partial charge is 0.319 e. The number of amides is 2. The number of urea groups is 1. The molecule has 7 heteroatoms. The average Bonchev–Trinajstić information content (AvgIpc) is 3.01. The van der Waals surface area contributed by atoms with Crippen molar-refractivity contribution < 1.29 is 19.0 Å². The van der Waals surface area contributed by atoms with Crippen molar-refractivity contribution in [3.05, 3.63) is 47.0 Å². The summed E-state index contributed by atoms with van der Waals surface area (Å²) in [5.74, 6) is 1.95. The molecule has 0 fully saturated rings. The van der Waals surface area contributed by atoms with Gasteiger partial charge in [0, 0.05) is 12.2 Å². The van der Waals surface area contributed by atoms with Crippen molar-refractivity contribution in [2.24, 2.45) is 0 Å². The summed E-state index contributed by atoms with van der Waals surface area (Å²) in [6.07, 6.45) is 0. The molecule has 120 valence electrons. The molecule has 2 aromatic rings. The third kappa shape index (κ3) is 3.60. The van der Waals surface area contributed by atoms with Crippen molar-refractivity contribution in [1.29, 1.82) is 0 Å². The van der Waals surface area contributed by atoms with Crippen LogP contribution in [-0.2, 0) is 6.54 Å². The number of carbonyl (C=O) groups is 1. The molecule has 1 aliphatic rings. The number of rotatable bonds is 4. The monoisotopic (exact) mass is 334 g/mol. The number of hydrogen-bond acceptors (Lipinski definition) is 4. The van der Waals surface area contributed by atoms with Gasteiger partial charge in [0.2, 0.25) is 6.79 Å². The molecule has 3 rings (SSSR count). The first-order valence-corrected chi connectivity index (χ1v) is 7.30. The molecule has 0 unspecified atom stereocenters. The summed E-state index contributed by atoms with van der Waals surface area (Å²) in [6.45, 7) is 0.595. The predicted octanol–water partition coefficient (Wildman–Crippen LogP) is 3.40. The van der Waals surface area contributed by atoms with E-state index in [1.54, 1.807) is 18.2 Å². The summed E-state index contributed by atoms with van der Waals surface area (Å²) in [5.41, 5.74) is 1.50. The zero-order valence-corrected chi connectivity index (χ0v) is 13.1. The zero-order chi connectivity index (χ0) is 16.2. The van der Waals surface area contributed by atoms with E-state index in [2.05, 4.69) is 10.6 Å². The first kappa shape index (κ1) is 15.3. The minimum atomic E-state index is -0.330. The summed E-state index contributed by atoms with van der Waals surface area (Å²) in [4.78, 5) is 11.9. The molecule has 0 saturated carbocycles. The lowest BCUT2D eigenvalue weighted by molar-refractivity contribution is 0.174. The molecule has 0 bridgehead atoms. The molecule has 0 aliphatic carbocycles. The van der Waals surface area contributed by atoms with E-state index in [1.165, 1.54) is 7.11 Å². The Bertz CT molecular complexity index is 736. The second kappa shape index (κ2) is 6.66. The standard InChI is InChI=1S/C16H15ClN2O4/c1-21-13-5-3-11(7-12(13)17)19-16(20)18-8-10-2-4-14-15(6-10)23-9-22-14/h2-7H,8-9H2,1H3,(H2,18,19,20). The number of fused-ring (bicyclic) bond motifs is 1. The number of nitrogens with one attached hydrogen (secondary N) is 2. The van der Waals surface area contributed by atoms with Crippen LogP contribution in [-0.4, -0.2) is 19.9 Å². The van der Waals surface area contributed by atoms with E-state index in [-0.39, 0.29) is 12.8 Å². The van der Waals surface area contributed by atoms with Gasteiger partial charge in [0.05, 0.1) is 12.1 Å². The van der Waals surface area contributed by atoms with E-state index in [9.17, 15) is 4.79 Å². The fourth-order valence-electron chi connectivity index (χ4n) is 2.15. The summed E-state index contributed by atoms with van der Waals surface area (Å²) in [5, 5.41) is 5.91. The Kier molecular flexibility index (Phi) is 4.43. The van der Waals surface area contributed by atoms with E-state index < -0.39 is 0 Å². The number of hydrogen-bond donors (Lipinski definition) is 2. The molecule has 0 atom stereocenters. The van der Waals surface area contributed by atoms with Crippen LogP contribution < -0.4 is 24.8 Å². The molecule has 6 nitrogen and oxygen atoms in total. The zero-order valence-electron chi connectivity index (χ0n) is 12.4. The molecular formula is C16H15ClN2O4. The predicted molar refractivity (Wildman–Crippen MR) is 86.4 cm³/mol. The highest BCUT2D eigenvalue weighted by Crippen LogP contribution is 2.32. The Hall–Kier alpha value is -2.60. The first-order valence-electron chi connectivity index (χ1n) is 6.92. The van der Waals surface area contributed by atoms with Crippen LogP contribution in [0.1, 0.15) is 5.56 Å². The lowest BCUT2D eigenvalue weighted by Gasteiger charge is -2.10. The summed E-state index contributed by atoms with van der Waals surface area (Å²) < 4.78 is 15.6. The topological polar surface area (TPSA) is 68.8 Å². The fourth-order valence-corrected chi connectivity index (χ4v) is 2.41. The molecule has 23 heavy (non-hydrogen) atoms. The van der Waals surface area contributed by atoms with Gasteiger partial charge in [0.15, 0.2) is 11.5 Å². The number of benzene rings is 2. The Morgan fingerprint density at radius 3 is 2.83 bits per heavy atom. The van der Waals surface area contributed by atoms with Gasteiger partial charge in [-0.15, -0.1) is 0 Å². The van der Waals surface area contributed by atoms with Gasteiger partial charge in [0.1, 0.15) is 5.75 Å². The van der Waals surface area contributed by atoms with Gasteiger partial charge in [-0.3, -0.25) is 0 Å². The SMILES string of the molecule is COc1ccc(NC(=O)NCc2ccc3c(c2)OCO3)cc1Cl. The van der Waals surface area contributed by atoms with Gasteiger partial charge in [-0.1, -0.05) is 17.7 Å². The van der Waals surface area contributed by atoms with E-state index in [1.807, 2.05) is 18.2 Å². The van der Waals surface area contributed by atoms with Gasteiger partial charge in [-0.25, -0.2) is 4.79 Å². The minimum Gasteiger partial charge on any atom is -0.495 e.